The van der Waals surface area contributed by atoms with E-state index in [2.05, 4.69) is 22.4 Å². The number of fused-ring (bicyclic) bond motifs is 1. The first-order valence-corrected chi connectivity index (χ1v) is 12.3. The Morgan fingerprint density at radius 1 is 1.30 bits per heavy atom. The van der Waals surface area contributed by atoms with Gasteiger partial charge in [-0.05, 0) is 25.5 Å². The number of carbonyl (C=O) groups excluding carboxylic acids is 1. The Morgan fingerprint density at radius 3 is 2.77 bits per heavy atom. The van der Waals surface area contributed by atoms with Crippen LogP contribution in [0.3, 0.4) is 0 Å². The lowest BCUT2D eigenvalue weighted by Gasteiger charge is -2.13. The van der Waals surface area contributed by atoms with Crippen LogP contribution in [0.5, 0.6) is 0 Å². The molecule has 0 fully saturated rings. The Labute approximate surface area is 186 Å². The monoisotopic (exact) mass is 459 g/mol. The Morgan fingerprint density at radius 2 is 2.07 bits per heavy atom. The van der Waals surface area contributed by atoms with E-state index in [1.807, 2.05) is 38.1 Å². The van der Waals surface area contributed by atoms with E-state index in [0.29, 0.717) is 20.4 Å². The molecule has 1 aliphatic heterocycles. The van der Waals surface area contributed by atoms with Crippen LogP contribution in [0, 0.1) is 6.92 Å². The topological polar surface area (TPSA) is 89.8 Å². The highest BCUT2D eigenvalue weighted by atomic mass is 32.2. The molecule has 1 unspecified atom stereocenters. The molecule has 10 heteroatoms. The van der Waals surface area contributed by atoms with Gasteiger partial charge in [0.1, 0.15) is 5.01 Å². The number of amides is 1. The minimum atomic E-state index is -0.202. The van der Waals surface area contributed by atoms with Crippen molar-refractivity contribution in [2.24, 2.45) is 0 Å². The van der Waals surface area contributed by atoms with Gasteiger partial charge in [-0.15, -0.1) is 22.0 Å². The van der Waals surface area contributed by atoms with E-state index in [1.54, 1.807) is 16.3 Å². The van der Waals surface area contributed by atoms with Gasteiger partial charge in [0.15, 0.2) is 5.16 Å². The van der Waals surface area contributed by atoms with Crippen molar-refractivity contribution in [3.05, 3.63) is 50.9 Å². The zero-order chi connectivity index (χ0) is 21.3. The molecule has 1 aromatic carbocycles. The molecule has 0 radical (unpaired) electrons. The number of aryl methyl sites for hydroxylation is 2. The molecule has 0 bridgehead atoms. The number of rotatable bonds is 6. The number of benzene rings is 1. The summed E-state index contributed by atoms with van der Waals surface area (Å²) in [4.78, 5) is 31.2. The van der Waals surface area contributed by atoms with Crippen molar-refractivity contribution in [1.82, 2.24) is 19.7 Å². The van der Waals surface area contributed by atoms with Crippen molar-refractivity contribution in [3.8, 4) is 5.69 Å². The zero-order valence-electron chi connectivity index (χ0n) is 16.8. The molecule has 7 nitrogen and oxygen atoms in total. The van der Waals surface area contributed by atoms with Crippen LogP contribution in [0.25, 0.3) is 5.69 Å². The van der Waals surface area contributed by atoms with Crippen LogP contribution in [-0.2, 0) is 17.6 Å². The van der Waals surface area contributed by atoms with Crippen molar-refractivity contribution in [3.63, 3.8) is 0 Å². The average Bonchev–Trinajstić information content (AvgIpc) is 3.33. The zero-order valence-corrected chi connectivity index (χ0v) is 19.3. The lowest BCUT2D eigenvalue weighted by Crippen LogP contribution is -2.24. The maximum atomic E-state index is 13.3. The minimum Gasteiger partial charge on any atom is -0.300 e. The lowest BCUT2D eigenvalue weighted by atomic mass is 10.2. The number of anilines is 1. The van der Waals surface area contributed by atoms with Gasteiger partial charge in [-0.3, -0.25) is 19.5 Å². The summed E-state index contributed by atoms with van der Waals surface area (Å²) >= 11 is 4.19. The summed E-state index contributed by atoms with van der Waals surface area (Å²) in [5.41, 5.74) is 2.61. The molecule has 0 saturated carbocycles. The van der Waals surface area contributed by atoms with Gasteiger partial charge in [0.25, 0.3) is 5.56 Å². The van der Waals surface area contributed by atoms with Gasteiger partial charge < -0.3 is 0 Å². The third-order valence-electron chi connectivity index (χ3n) is 4.52. The fourth-order valence-corrected chi connectivity index (χ4v) is 5.67. The second-order valence-electron chi connectivity index (χ2n) is 6.97. The first kappa shape index (κ1) is 21.1. The van der Waals surface area contributed by atoms with E-state index in [4.69, 9.17) is 4.98 Å². The second-order valence-corrected chi connectivity index (χ2v) is 10.4. The highest BCUT2D eigenvalue weighted by Gasteiger charge is 2.27. The highest BCUT2D eigenvalue weighted by molar-refractivity contribution is 8.00. The van der Waals surface area contributed by atoms with Crippen LogP contribution >= 0.6 is 34.9 Å². The Bertz CT molecular complexity index is 1140. The van der Waals surface area contributed by atoms with Crippen molar-refractivity contribution in [2.45, 2.75) is 48.9 Å². The summed E-state index contributed by atoms with van der Waals surface area (Å²) < 4.78 is 1.61. The van der Waals surface area contributed by atoms with Crippen molar-refractivity contribution in [1.29, 1.82) is 0 Å². The number of thioether (sulfide) groups is 2. The van der Waals surface area contributed by atoms with Crippen molar-refractivity contribution in [2.75, 3.05) is 11.1 Å². The summed E-state index contributed by atoms with van der Waals surface area (Å²) in [7, 11) is 0. The van der Waals surface area contributed by atoms with E-state index >= 15 is 0 Å². The van der Waals surface area contributed by atoms with E-state index in [9.17, 15) is 9.59 Å². The largest absolute Gasteiger partial charge is 0.300 e. The third kappa shape index (κ3) is 4.45. The van der Waals surface area contributed by atoms with E-state index in [0.717, 1.165) is 34.8 Å². The second kappa shape index (κ2) is 8.91. The van der Waals surface area contributed by atoms with Crippen LogP contribution in [-0.4, -0.2) is 36.7 Å². The summed E-state index contributed by atoms with van der Waals surface area (Å²) in [6.07, 6.45) is 1.54. The van der Waals surface area contributed by atoms with Crippen LogP contribution in [0.1, 0.15) is 30.1 Å². The van der Waals surface area contributed by atoms with Crippen molar-refractivity contribution < 1.29 is 4.79 Å². The number of carbonyl (C=O) groups is 1. The lowest BCUT2D eigenvalue weighted by molar-refractivity contribution is -0.113. The van der Waals surface area contributed by atoms with Gasteiger partial charge >= 0.3 is 0 Å². The third-order valence-corrected chi connectivity index (χ3v) is 7.66. The van der Waals surface area contributed by atoms with Gasteiger partial charge in [0.2, 0.25) is 11.0 Å². The quantitative estimate of drug-likeness (QED) is 0.444. The van der Waals surface area contributed by atoms with Crippen LogP contribution in [0.2, 0.25) is 0 Å². The maximum Gasteiger partial charge on any atom is 0.272 e. The van der Waals surface area contributed by atoms with Gasteiger partial charge in [0.05, 0.1) is 22.0 Å². The van der Waals surface area contributed by atoms with Crippen LogP contribution in [0.4, 0.5) is 5.13 Å². The van der Waals surface area contributed by atoms with E-state index in [1.165, 1.54) is 23.1 Å². The summed E-state index contributed by atoms with van der Waals surface area (Å²) in [5.74, 6) is -0.0763. The molecule has 30 heavy (non-hydrogen) atoms. The highest BCUT2D eigenvalue weighted by Crippen LogP contribution is 2.35. The number of nitrogens with one attached hydrogen (secondary N) is 1. The maximum absolute atomic E-state index is 13.3. The Kier molecular flexibility index (Phi) is 6.26. The van der Waals surface area contributed by atoms with E-state index in [-0.39, 0.29) is 17.2 Å². The molecule has 3 heterocycles. The van der Waals surface area contributed by atoms with E-state index < -0.39 is 0 Å². The molecular formula is C20H21N5O2S3. The smallest absolute Gasteiger partial charge is 0.272 e. The molecule has 0 saturated heterocycles. The van der Waals surface area contributed by atoms with Gasteiger partial charge in [-0.1, -0.05) is 54.6 Å². The first-order valence-electron chi connectivity index (χ1n) is 9.59. The predicted molar refractivity (Wildman–Crippen MR) is 122 cm³/mol. The standard InChI is InChI=1S/C20H21N5O2S3/c1-4-16-23-24-19(30-16)22-15(26)10-28-20-21-14-9-12(3)29-17(14)18(27)25(20)13-7-5-11(2)6-8-13/h5-8,12H,4,9-10H2,1-3H3,(H,22,24,26). The summed E-state index contributed by atoms with van der Waals surface area (Å²) in [5, 5.41) is 13.0. The fraction of sp³-hybridized carbons (Fsp3) is 0.350. The number of hydrogen-bond acceptors (Lipinski definition) is 8. The SMILES string of the molecule is CCc1nnc(NC(=O)CSc2nc3c(c(=O)n2-c2ccc(C)cc2)SC(C)C3)s1. The number of nitrogens with zero attached hydrogens (tertiary/aromatic N) is 4. The molecule has 156 valence electrons. The number of hydrogen-bond donors (Lipinski definition) is 1. The predicted octanol–water partition coefficient (Wildman–Crippen LogP) is 3.72. The molecule has 1 atom stereocenters. The van der Waals surface area contributed by atoms with Crippen molar-refractivity contribution >= 4 is 45.9 Å². The molecular weight excluding hydrogens is 438 g/mol. The minimum absolute atomic E-state index is 0.0715. The van der Waals surface area contributed by atoms with Gasteiger partial charge in [-0.25, -0.2) is 4.98 Å². The molecule has 3 aromatic rings. The molecule has 4 rings (SSSR count). The Hall–Kier alpha value is -2.17. The summed E-state index contributed by atoms with van der Waals surface area (Å²) in [6.45, 7) is 6.09. The molecule has 1 N–H and O–H groups in total. The van der Waals surface area contributed by atoms with Crippen LogP contribution < -0.4 is 10.9 Å². The van der Waals surface area contributed by atoms with Crippen LogP contribution in [0.15, 0.2) is 39.1 Å². The molecule has 0 aliphatic carbocycles. The molecule has 2 aromatic heterocycles. The molecule has 0 spiro atoms. The first-order chi connectivity index (χ1) is 14.4. The summed E-state index contributed by atoms with van der Waals surface area (Å²) in [6, 6.07) is 7.75. The Balaban J connectivity index is 1.61. The number of aromatic nitrogens is 4. The van der Waals surface area contributed by atoms with Gasteiger partial charge in [-0.2, -0.15) is 0 Å². The van der Waals surface area contributed by atoms with Gasteiger partial charge in [0, 0.05) is 11.7 Å². The fourth-order valence-electron chi connectivity index (χ4n) is 3.05. The molecule has 1 amide bonds. The normalized spacial score (nSPS) is 15.2. The average molecular weight is 460 g/mol. The molecule has 1 aliphatic rings.